The van der Waals surface area contributed by atoms with E-state index < -0.39 is 30.3 Å². The molecule has 12 atom stereocenters. The molecular weight excluding hydrogens is 789 g/mol. The molecule has 53 heavy (non-hydrogen) atoms. The van der Waals surface area contributed by atoms with Crippen LogP contribution in [0.1, 0.15) is 92.7 Å². The van der Waals surface area contributed by atoms with Crippen molar-refractivity contribution in [2.24, 2.45) is 23.7 Å². The lowest BCUT2D eigenvalue weighted by Crippen LogP contribution is -2.54. The number of rotatable bonds is 21. The molecule has 1 aromatic rings. The van der Waals surface area contributed by atoms with Gasteiger partial charge in [-0.1, -0.05) is 85.2 Å². The van der Waals surface area contributed by atoms with Gasteiger partial charge in [0, 0.05) is 49.7 Å². The summed E-state index contributed by atoms with van der Waals surface area (Å²) in [6.45, 7) is 16.8. The second-order valence-corrected chi connectivity index (χ2v) is 17.5. The van der Waals surface area contributed by atoms with Crippen molar-refractivity contribution in [1.29, 1.82) is 0 Å². The lowest BCUT2D eigenvalue weighted by molar-refractivity contribution is -0.143. The van der Waals surface area contributed by atoms with Crippen LogP contribution in [0.2, 0.25) is 0 Å². The number of likely N-dealkylation sites (N-methyl/N-ethyl adjacent to an activating group) is 2. The van der Waals surface area contributed by atoms with Crippen LogP contribution < -0.4 is 10.6 Å². The van der Waals surface area contributed by atoms with Gasteiger partial charge >= 0.3 is 0 Å². The van der Waals surface area contributed by atoms with Gasteiger partial charge in [-0.25, -0.2) is 3.11 Å². The van der Waals surface area contributed by atoms with Gasteiger partial charge in [0.05, 0.1) is 48.8 Å². The standard InChI is InChI=1S/C40H68IN5O7/c1-13-25(6)34(44(9)40-37(53-40)32(23(2)3)43-39(50)33(24(4)5)45(10)41)30(51-11)22-31(47)46-21-17-20-29(46)36(52-12)26(7)38(49)42-27(8)35(48)28-18-15-14-16-19-28/h14-16,18-19,23-27,29-30,32-37,40,48H,13,17,20-22H2,1-12H3,(H,42,49)(H,43,50)/t25-,26+,27+,29-,30+,32+,33-,34-,35+,36+,37?,40?/m0/s1. The van der Waals surface area contributed by atoms with Crippen molar-refractivity contribution in [2.75, 3.05) is 34.9 Å². The van der Waals surface area contributed by atoms with E-state index in [9.17, 15) is 19.5 Å². The van der Waals surface area contributed by atoms with Crippen LogP contribution in [0.4, 0.5) is 0 Å². The number of nitrogens with one attached hydrogen (secondary N) is 2. The monoisotopic (exact) mass is 857 g/mol. The maximum Gasteiger partial charge on any atom is 0.238 e. The highest BCUT2D eigenvalue weighted by atomic mass is 127. The first-order valence-electron chi connectivity index (χ1n) is 19.4. The molecule has 0 spiro atoms. The second kappa shape index (κ2) is 20.9. The Bertz CT molecular complexity index is 1300. The summed E-state index contributed by atoms with van der Waals surface area (Å²) >= 11 is 2.18. The molecule has 3 amide bonds. The number of benzene rings is 1. The molecular formula is C40H68IN5O7. The maximum atomic E-state index is 14.2. The van der Waals surface area contributed by atoms with Gasteiger partial charge in [-0.05, 0) is 57.2 Å². The van der Waals surface area contributed by atoms with Crippen LogP contribution in [-0.4, -0.2) is 125 Å². The van der Waals surface area contributed by atoms with Crippen LogP contribution in [0.5, 0.6) is 0 Å². The zero-order chi connectivity index (χ0) is 39.7. The molecule has 3 rings (SSSR count). The summed E-state index contributed by atoms with van der Waals surface area (Å²) in [5, 5.41) is 17.1. The normalized spacial score (nSPS) is 24.0. The van der Waals surface area contributed by atoms with E-state index in [1.54, 1.807) is 21.1 Å². The molecule has 0 bridgehead atoms. The Labute approximate surface area is 332 Å². The largest absolute Gasteiger partial charge is 0.386 e. The fourth-order valence-electron chi connectivity index (χ4n) is 8.19. The van der Waals surface area contributed by atoms with Crippen molar-refractivity contribution in [3.8, 4) is 0 Å². The lowest BCUT2D eigenvalue weighted by atomic mass is 9.89. The molecule has 2 aliphatic heterocycles. The summed E-state index contributed by atoms with van der Waals surface area (Å²) in [5.74, 6) is -0.353. The zero-order valence-electron chi connectivity index (χ0n) is 34.1. The molecule has 2 unspecified atom stereocenters. The van der Waals surface area contributed by atoms with Crippen LogP contribution in [0.15, 0.2) is 30.3 Å². The van der Waals surface area contributed by atoms with Gasteiger partial charge in [0.25, 0.3) is 0 Å². The minimum atomic E-state index is -0.855. The van der Waals surface area contributed by atoms with E-state index in [0.717, 1.165) is 24.8 Å². The van der Waals surface area contributed by atoms with E-state index in [-0.39, 0.29) is 78.4 Å². The fourth-order valence-corrected chi connectivity index (χ4v) is 9.09. The molecule has 2 fully saturated rings. The first-order chi connectivity index (χ1) is 25.0. The maximum absolute atomic E-state index is 14.2. The smallest absolute Gasteiger partial charge is 0.238 e. The Kier molecular flexibility index (Phi) is 17.9. The molecule has 1 aromatic carbocycles. The third-order valence-electron chi connectivity index (χ3n) is 11.5. The number of epoxide rings is 1. The SMILES string of the molecule is CC[C@H](C)[C@@H]([C@@H](CC(=O)N1CCC[C@H]1[C@H](OC)[C@@H](C)C(=O)N[C@H](C)[C@@H](O)c1ccccc1)OC)N(C)C1OC1[C@H](NC(=O)[C@H](C(C)C)N(C)I)C(C)C. The number of carbonyl (C=O) groups is 3. The first-order valence-corrected chi connectivity index (χ1v) is 20.4. The van der Waals surface area contributed by atoms with Gasteiger partial charge in [0.2, 0.25) is 17.7 Å². The van der Waals surface area contributed by atoms with Gasteiger partial charge in [-0.15, -0.1) is 0 Å². The average Bonchev–Trinajstić information content (AvgIpc) is 3.76. The van der Waals surface area contributed by atoms with E-state index in [2.05, 4.69) is 79.9 Å². The first kappa shape index (κ1) is 45.5. The molecule has 13 heteroatoms. The topological polar surface area (TPSA) is 136 Å². The number of aliphatic hydroxyl groups is 1. The van der Waals surface area contributed by atoms with Crippen molar-refractivity contribution in [1.82, 2.24) is 23.5 Å². The van der Waals surface area contributed by atoms with Crippen molar-refractivity contribution in [2.45, 2.75) is 142 Å². The summed E-state index contributed by atoms with van der Waals surface area (Å²) in [6, 6.07) is 7.91. The number of likely N-dealkylation sites (tertiary alicyclic amines) is 1. The lowest BCUT2D eigenvalue weighted by Gasteiger charge is -2.39. The quantitative estimate of drug-likeness (QED) is 0.0907. The number of amides is 3. The number of ether oxygens (including phenoxy) is 3. The number of nitrogens with zero attached hydrogens (tertiary/aromatic N) is 3. The number of hydrogen-bond acceptors (Lipinski definition) is 9. The second-order valence-electron chi connectivity index (χ2n) is 15.9. The predicted octanol–water partition coefficient (Wildman–Crippen LogP) is 4.79. The van der Waals surface area contributed by atoms with Gasteiger partial charge in [-0.3, -0.25) is 19.3 Å². The van der Waals surface area contributed by atoms with Gasteiger partial charge < -0.3 is 34.9 Å². The predicted molar refractivity (Wildman–Crippen MR) is 216 cm³/mol. The zero-order valence-corrected chi connectivity index (χ0v) is 36.3. The van der Waals surface area contributed by atoms with Crippen LogP contribution in [0.25, 0.3) is 0 Å². The van der Waals surface area contributed by atoms with E-state index in [0.29, 0.717) is 6.54 Å². The van der Waals surface area contributed by atoms with Crippen LogP contribution in [0, 0.1) is 23.7 Å². The van der Waals surface area contributed by atoms with E-state index in [4.69, 9.17) is 14.2 Å². The highest BCUT2D eigenvalue weighted by molar-refractivity contribution is 14.1. The summed E-state index contributed by atoms with van der Waals surface area (Å²) in [4.78, 5) is 45.2. The van der Waals surface area contributed by atoms with Gasteiger partial charge in [0.15, 0.2) is 0 Å². The third kappa shape index (κ3) is 11.6. The van der Waals surface area contributed by atoms with Crippen LogP contribution in [0.3, 0.4) is 0 Å². The van der Waals surface area contributed by atoms with Gasteiger partial charge in [0.1, 0.15) is 18.4 Å². The Hall–Kier alpha value is -1.88. The Morgan fingerprint density at radius 2 is 1.62 bits per heavy atom. The highest BCUT2D eigenvalue weighted by Gasteiger charge is 2.53. The average molecular weight is 858 g/mol. The van der Waals surface area contributed by atoms with E-state index >= 15 is 0 Å². The number of hydrogen-bond donors (Lipinski definition) is 3. The molecule has 2 aliphatic rings. The van der Waals surface area contributed by atoms with Gasteiger partial charge in [-0.2, -0.15) is 0 Å². The third-order valence-corrected chi connectivity index (χ3v) is 12.1. The van der Waals surface area contributed by atoms with E-state index in [1.165, 1.54) is 0 Å². The molecule has 2 saturated heterocycles. The molecule has 2 heterocycles. The Morgan fingerprint density at radius 1 is 0.981 bits per heavy atom. The fraction of sp³-hybridized carbons (Fsp3) is 0.775. The van der Waals surface area contributed by atoms with E-state index in [1.807, 2.05) is 59.4 Å². The molecule has 0 aromatic heterocycles. The summed E-state index contributed by atoms with van der Waals surface area (Å²) in [5.41, 5.74) is 0.729. The molecule has 3 N–H and O–H groups in total. The number of methoxy groups -OCH3 is 2. The summed E-state index contributed by atoms with van der Waals surface area (Å²) in [7, 11) is 7.20. The van der Waals surface area contributed by atoms with Crippen molar-refractivity contribution in [3.63, 3.8) is 0 Å². The van der Waals surface area contributed by atoms with Crippen molar-refractivity contribution >= 4 is 40.6 Å². The Balaban J connectivity index is 1.72. The molecule has 12 nitrogen and oxygen atoms in total. The van der Waals surface area contributed by atoms with Crippen LogP contribution in [-0.2, 0) is 28.6 Å². The van der Waals surface area contributed by atoms with Crippen LogP contribution >= 0.6 is 22.9 Å². The van der Waals surface area contributed by atoms with Crippen molar-refractivity contribution < 1.29 is 33.7 Å². The molecule has 302 valence electrons. The molecule has 0 aliphatic carbocycles. The van der Waals surface area contributed by atoms with Crippen molar-refractivity contribution in [3.05, 3.63) is 35.9 Å². The molecule has 0 saturated carbocycles. The number of aliphatic hydroxyl groups excluding tert-OH is 1. The molecule has 0 radical (unpaired) electrons. The minimum Gasteiger partial charge on any atom is -0.386 e. The summed E-state index contributed by atoms with van der Waals surface area (Å²) in [6.07, 6.45) is 0.366. The Morgan fingerprint density at radius 3 is 2.15 bits per heavy atom. The number of halogens is 1. The summed E-state index contributed by atoms with van der Waals surface area (Å²) < 4.78 is 20.3. The highest BCUT2D eigenvalue weighted by Crippen LogP contribution is 2.37. The minimum absolute atomic E-state index is 0.00744. The number of carbonyl (C=O) groups excluding carboxylic acids is 3.